The minimum Gasteiger partial charge on any atom is -0.493 e. The van der Waals surface area contributed by atoms with Crippen LogP contribution in [-0.2, 0) is 13.0 Å². The van der Waals surface area contributed by atoms with Crippen LogP contribution >= 0.6 is 11.6 Å². The summed E-state index contributed by atoms with van der Waals surface area (Å²) in [5, 5.41) is 3.97. The average Bonchev–Trinajstić information content (AvgIpc) is 2.58. The van der Waals surface area contributed by atoms with Gasteiger partial charge in [0.25, 0.3) is 0 Å². The summed E-state index contributed by atoms with van der Waals surface area (Å²) in [6.07, 6.45) is 2.67. The van der Waals surface area contributed by atoms with Crippen molar-refractivity contribution in [1.82, 2.24) is 5.32 Å². The Morgan fingerprint density at radius 1 is 1.17 bits per heavy atom. The molecule has 2 aromatic rings. The summed E-state index contributed by atoms with van der Waals surface area (Å²) < 4.78 is 10.9. The monoisotopic (exact) mass is 331 g/mol. The molecule has 0 aliphatic heterocycles. The highest BCUT2D eigenvalue weighted by Gasteiger charge is 2.11. The minimum absolute atomic E-state index is 0.394. The van der Waals surface area contributed by atoms with Gasteiger partial charge in [0.15, 0.2) is 11.5 Å². The van der Waals surface area contributed by atoms with Gasteiger partial charge in [-0.1, -0.05) is 54.6 Å². The second-order valence-electron chi connectivity index (χ2n) is 5.12. The number of rotatable bonds is 9. The number of nitrogens with one attached hydrogen (secondary N) is 1. The van der Waals surface area contributed by atoms with Gasteiger partial charge in [0.1, 0.15) is 6.61 Å². The summed E-state index contributed by atoms with van der Waals surface area (Å²) in [4.78, 5) is 0. The molecule has 0 amide bonds. The van der Waals surface area contributed by atoms with E-state index in [0.29, 0.717) is 23.1 Å². The van der Waals surface area contributed by atoms with Crippen LogP contribution in [-0.4, -0.2) is 20.3 Å². The molecule has 0 atom stereocenters. The first-order valence-electron chi connectivity index (χ1n) is 7.59. The molecule has 4 heteroatoms. The summed E-state index contributed by atoms with van der Waals surface area (Å²) in [7, 11) is 1.61. The van der Waals surface area contributed by atoms with Crippen LogP contribution in [0.3, 0.4) is 0 Å². The Hall–Kier alpha value is -1.97. The van der Waals surface area contributed by atoms with E-state index in [0.717, 1.165) is 25.1 Å². The third-order valence-electron chi connectivity index (χ3n) is 3.40. The standard InChI is InChI=1S/C19H22ClNO2/c1-3-11-23-19-17(20)12-16(13-18(19)22-2)14-21-10-9-15-7-5-4-6-8-15/h3-8,12-13,21H,1,9-11,14H2,2H3. The average molecular weight is 332 g/mol. The van der Waals surface area contributed by atoms with E-state index < -0.39 is 0 Å². The third-order valence-corrected chi connectivity index (χ3v) is 3.68. The summed E-state index contributed by atoms with van der Waals surface area (Å²) in [5.74, 6) is 1.20. The van der Waals surface area contributed by atoms with Gasteiger partial charge in [0, 0.05) is 6.54 Å². The molecule has 0 spiro atoms. The SMILES string of the molecule is C=CCOc1c(Cl)cc(CNCCc2ccccc2)cc1OC. The predicted molar refractivity (Wildman–Crippen MR) is 95.5 cm³/mol. The summed E-state index contributed by atoms with van der Waals surface area (Å²) in [6.45, 7) is 5.66. The fourth-order valence-corrected chi connectivity index (χ4v) is 2.56. The lowest BCUT2D eigenvalue weighted by Crippen LogP contribution is -2.16. The third kappa shape index (κ3) is 5.31. The maximum Gasteiger partial charge on any atom is 0.180 e. The van der Waals surface area contributed by atoms with Crippen molar-refractivity contribution >= 4 is 11.6 Å². The Balaban J connectivity index is 1.92. The molecule has 0 unspecified atom stereocenters. The summed E-state index contributed by atoms with van der Waals surface area (Å²) in [6, 6.07) is 14.3. The summed E-state index contributed by atoms with van der Waals surface area (Å²) in [5.41, 5.74) is 2.38. The van der Waals surface area contributed by atoms with Crippen LogP contribution in [0.5, 0.6) is 11.5 Å². The first-order valence-corrected chi connectivity index (χ1v) is 7.97. The Kier molecular flexibility index (Phi) is 6.98. The van der Waals surface area contributed by atoms with E-state index in [1.54, 1.807) is 13.2 Å². The molecule has 0 saturated carbocycles. The first kappa shape index (κ1) is 17.4. The van der Waals surface area contributed by atoms with E-state index in [4.69, 9.17) is 21.1 Å². The van der Waals surface area contributed by atoms with Gasteiger partial charge in [-0.2, -0.15) is 0 Å². The second kappa shape index (κ2) is 9.23. The largest absolute Gasteiger partial charge is 0.493 e. The van der Waals surface area contributed by atoms with Gasteiger partial charge in [0.05, 0.1) is 12.1 Å². The predicted octanol–water partition coefficient (Wildman–Crippen LogP) is 4.25. The zero-order chi connectivity index (χ0) is 16.5. The molecule has 0 aliphatic rings. The number of benzene rings is 2. The number of hydrogen-bond acceptors (Lipinski definition) is 3. The summed E-state index contributed by atoms with van der Waals surface area (Å²) >= 11 is 6.29. The zero-order valence-electron chi connectivity index (χ0n) is 13.3. The fraction of sp³-hybridized carbons (Fsp3) is 0.263. The molecule has 0 aliphatic carbocycles. The van der Waals surface area contributed by atoms with Crippen molar-refractivity contribution < 1.29 is 9.47 Å². The molecule has 122 valence electrons. The van der Waals surface area contributed by atoms with Crippen LogP contribution in [0.4, 0.5) is 0 Å². The van der Waals surface area contributed by atoms with Crippen molar-refractivity contribution in [2.24, 2.45) is 0 Å². The lowest BCUT2D eigenvalue weighted by molar-refractivity contribution is 0.326. The van der Waals surface area contributed by atoms with Crippen molar-refractivity contribution in [3.8, 4) is 11.5 Å². The Morgan fingerprint density at radius 2 is 1.96 bits per heavy atom. The van der Waals surface area contributed by atoms with Crippen molar-refractivity contribution in [3.63, 3.8) is 0 Å². The maximum absolute atomic E-state index is 6.29. The number of hydrogen-bond donors (Lipinski definition) is 1. The lowest BCUT2D eigenvalue weighted by Gasteiger charge is -2.13. The van der Waals surface area contributed by atoms with Crippen LogP contribution in [0.1, 0.15) is 11.1 Å². The Labute approximate surface area is 142 Å². The topological polar surface area (TPSA) is 30.5 Å². The van der Waals surface area contributed by atoms with Gasteiger partial charge in [-0.3, -0.25) is 0 Å². The van der Waals surface area contributed by atoms with Crippen LogP contribution in [0, 0.1) is 0 Å². The van der Waals surface area contributed by atoms with E-state index in [2.05, 4.69) is 36.2 Å². The molecule has 3 nitrogen and oxygen atoms in total. The van der Waals surface area contributed by atoms with Gasteiger partial charge < -0.3 is 14.8 Å². The number of methoxy groups -OCH3 is 1. The quantitative estimate of drug-likeness (QED) is 0.550. The van der Waals surface area contributed by atoms with Crippen LogP contribution in [0.2, 0.25) is 5.02 Å². The van der Waals surface area contributed by atoms with Crippen molar-refractivity contribution in [1.29, 1.82) is 0 Å². The van der Waals surface area contributed by atoms with Crippen LogP contribution < -0.4 is 14.8 Å². The fourth-order valence-electron chi connectivity index (χ4n) is 2.27. The van der Waals surface area contributed by atoms with Gasteiger partial charge >= 0.3 is 0 Å². The lowest BCUT2D eigenvalue weighted by atomic mass is 10.1. The molecule has 0 aromatic heterocycles. The van der Waals surface area contributed by atoms with E-state index in [-0.39, 0.29) is 0 Å². The molecule has 0 radical (unpaired) electrons. The molecular formula is C19H22ClNO2. The molecule has 0 heterocycles. The van der Waals surface area contributed by atoms with Crippen LogP contribution in [0.25, 0.3) is 0 Å². The van der Waals surface area contributed by atoms with Gasteiger partial charge in [-0.15, -0.1) is 0 Å². The van der Waals surface area contributed by atoms with Crippen molar-refractivity contribution in [3.05, 3.63) is 71.3 Å². The molecule has 2 aromatic carbocycles. The van der Waals surface area contributed by atoms with Gasteiger partial charge in [-0.25, -0.2) is 0 Å². The van der Waals surface area contributed by atoms with E-state index >= 15 is 0 Å². The smallest absolute Gasteiger partial charge is 0.180 e. The first-order chi connectivity index (χ1) is 11.2. The molecule has 0 bridgehead atoms. The molecule has 0 saturated heterocycles. The van der Waals surface area contributed by atoms with E-state index in [9.17, 15) is 0 Å². The number of ether oxygens (including phenoxy) is 2. The van der Waals surface area contributed by atoms with E-state index in [1.807, 2.05) is 18.2 Å². The number of halogens is 1. The second-order valence-corrected chi connectivity index (χ2v) is 5.53. The highest BCUT2D eigenvalue weighted by atomic mass is 35.5. The molecule has 2 rings (SSSR count). The highest BCUT2D eigenvalue weighted by molar-refractivity contribution is 6.32. The minimum atomic E-state index is 0.394. The van der Waals surface area contributed by atoms with Gasteiger partial charge in [-0.05, 0) is 36.2 Å². The van der Waals surface area contributed by atoms with Crippen molar-refractivity contribution in [2.45, 2.75) is 13.0 Å². The van der Waals surface area contributed by atoms with Crippen molar-refractivity contribution in [2.75, 3.05) is 20.3 Å². The Morgan fingerprint density at radius 3 is 2.65 bits per heavy atom. The van der Waals surface area contributed by atoms with Crippen LogP contribution in [0.15, 0.2) is 55.1 Å². The normalized spacial score (nSPS) is 10.3. The highest BCUT2D eigenvalue weighted by Crippen LogP contribution is 2.36. The zero-order valence-corrected chi connectivity index (χ0v) is 14.1. The van der Waals surface area contributed by atoms with E-state index in [1.165, 1.54) is 5.56 Å². The van der Waals surface area contributed by atoms with Gasteiger partial charge in [0.2, 0.25) is 0 Å². The molecule has 0 fully saturated rings. The molecule has 1 N–H and O–H groups in total. The maximum atomic E-state index is 6.29. The molecular weight excluding hydrogens is 310 g/mol. The Bertz CT molecular complexity index is 629. The molecule has 23 heavy (non-hydrogen) atoms.